The Balaban J connectivity index is 2.09. The third kappa shape index (κ3) is 4.12. The SMILES string of the molecule is Cc1ccc(-c2nc(C(=O)NCCC(C)O)cs2)c(C)c1. The molecule has 1 atom stereocenters. The largest absolute Gasteiger partial charge is 0.393 e. The van der Waals surface area contributed by atoms with Gasteiger partial charge >= 0.3 is 0 Å². The predicted octanol–water partition coefficient (Wildman–Crippen LogP) is 2.93. The van der Waals surface area contributed by atoms with E-state index < -0.39 is 6.10 Å². The van der Waals surface area contributed by atoms with E-state index in [9.17, 15) is 9.90 Å². The Morgan fingerprint density at radius 2 is 2.19 bits per heavy atom. The van der Waals surface area contributed by atoms with Crippen LogP contribution in [-0.2, 0) is 0 Å². The van der Waals surface area contributed by atoms with E-state index >= 15 is 0 Å². The van der Waals surface area contributed by atoms with Crippen LogP contribution in [0.25, 0.3) is 10.6 Å². The molecule has 0 saturated heterocycles. The highest BCUT2D eigenvalue weighted by molar-refractivity contribution is 7.13. The van der Waals surface area contributed by atoms with E-state index in [1.807, 2.05) is 19.1 Å². The predicted molar refractivity (Wildman–Crippen MR) is 85.7 cm³/mol. The molecule has 0 spiro atoms. The molecule has 21 heavy (non-hydrogen) atoms. The Kier molecular flexibility index (Phi) is 5.09. The van der Waals surface area contributed by atoms with Gasteiger partial charge in [0.15, 0.2) is 0 Å². The molecule has 0 saturated carbocycles. The molecule has 5 heteroatoms. The third-order valence-corrected chi connectivity index (χ3v) is 4.07. The number of aromatic nitrogens is 1. The molecule has 1 amide bonds. The number of amides is 1. The van der Waals surface area contributed by atoms with Gasteiger partial charge in [-0.25, -0.2) is 4.98 Å². The number of carbonyl (C=O) groups excluding carboxylic acids is 1. The molecule has 2 rings (SSSR count). The maximum atomic E-state index is 12.0. The Bertz CT molecular complexity index is 635. The number of nitrogens with zero attached hydrogens (tertiary/aromatic N) is 1. The minimum absolute atomic E-state index is 0.192. The first-order valence-corrected chi connectivity index (χ1v) is 7.84. The lowest BCUT2D eigenvalue weighted by Gasteiger charge is -2.05. The van der Waals surface area contributed by atoms with Crippen LogP contribution < -0.4 is 5.32 Å². The summed E-state index contributed by atoms with van der Waals surface area (Å²) in [5, 5.41) is 14.6. The van der Waals surface area contributed by atoms with Crippen LogP contribution in [0.2, 0.25) is 0 Å². The van der Waals surface area contributed by atoms with Crippen molar-refractivity contribution in [2.45, 2.75) is 33.3 Å². The van der Waals surface area contributed by atoms with Gasteiger partial charge in [0, 0.05) is 17.5 Å². The summed E-state index contributed by atoms with van der Waals surface area (Å²) < 4.78 is 0. The summed E-state index contributed by atoms with van der Waals surface area (Å²) in [4.78, 5) is 16.4. The zero-order valence-corrected chi connectivity index (χ0v) is 13.3. The van der Waals surface area contributed by atoms with Gasteiger partial charge in [-0.15, -0.1) is 11.3 Å². The zero-order valence-electron chi connectivity index (χ0n) is 12.5. The van der Waals surface area contributed by atoms with E-state index in [0.717, 1.165) is 16.1 Å². The number of hydrogen-bond acceptors (Lipinski definition) is 4. The number of benzene rings is 1. The molecular formula is C16H20N2O2S. The van der Waals surface area contributed by atoms with E-state index in [1.54, 1.807) is 12.3 Å². The first-order chi connectivity index (χ1) is 9.97. The van der Waals surface area contributed by atoms with Crippen molar-refractivity contribution in [2.75, 3.05) is 6.54 Å². The first-order valence-electron chi connectivity index (χ1n) is 6.97. The summed E-state index contributed by atoms with van der Waals surface area (Å²) in [5.41, 5.74) is 3.86. The fourth-order valence-electron chi connectivity index (χ4n) is 2.04. The van der Waals surface area contributed by atoms with Gasteiger partial charge in [0.05, 0.1) is 6.10 Å². The second-order valence-electron chi connectivity index (χ2n) is 5.25. The number of aliphatic hydroxyl groups excluding tert-OH is 1. The summed E-state index contributed by atoms with van der Waals surface area (Å²) in [6.07, 6.45) is 0.131. The number of hydrogen-bond donors (Lipinski definition) is 2. The van der Waals surface area contributed by atoms with Gasteiger partial charge in [0.2, 0.25) is 0 Å². The van der Waals surface area contributed by atoms with E-state index in [1.165, 1.54) is 16.9 Å². The van der Waals surface area contributed by atoms with Crippen molar-refractivity contribution >= 4 is 17.2 Å². The number of aliphatic hydroxyl groups is 1. The van der Waals surface area contributed by atoms with Crippen LogP contribution in [0, 0.1) is 13.8 Å². The molecule has 0 radical (unpaired) electrons. The first kappa shape index (κ1) is 15.7. The Morgan fingerprint density at radius 1 is 1.43 bits per heavy atom. The Morgan fingerprint density at radius 3 is 2.86 bits per heavy atom. The molecule has 2 N–H and O–H groups in total. The number of aryl methyl sites for hydroxylation is 2. The molecule has 1 heterocycles. The summed E-state index contributed by atoms with van der Waals surface area (Å²) >= 11 is 1.47. The summed E-state index contributed by atoms with van der Waals surface area (Å²) in [7, 11) is 0. The van der Waals surface area contributed by atoms with Crippen LogP contribution in [0.3, 0.4) is 0 Å². The van der Waals surface area contributed by atoms with Crippen molar-refractivity contribution in [3.05, 3.63) is 40.4 Å². The molecule has 0 fully saturated rings. The van der Waals surface area contributed by atoms with Crippen molar-refractivity contribution in [2.24, 2.45) is 0 Å². The van der Waals surface area contributed by atoms with Gasteiger partial charge in [-0.1, -0.05) is 23.8 Å². The molecule has 0 bridgehead atoms. The van der Waals surface area contributed by atoms with Gasteiger partial charge in [-0.3, -0.25) is 4.79 Å². The van der Waals surface area contributed by atoms with Crippen LogP contribution in [0.1, 0.15) is 35.0 Å². The lowest BCUT2D eigenvalue weighted by Crippen LogP contribution is -2.26. The van der Waals surface area contributed by atoms with Crippen LogP contribution in [-0.4, -0.2) is 28.6 Å². The molecule has 0 aliphatic rings. The monoisotopic (exact) mass is 304 g/mol. The van der Waals surface area contributed by atoms with Crippen LogP contribution >= 0.6 is 11.3 Å². The normalized spacial score (nSPS) is 12.2. The second kappa shape index (κ2) is 6.83. The summed E-state index contributed by atoms with van der Waals surface area (Å²) in [6, 6.07) is 6.20. The second-order valence-corrected chi connectivity index (χ2v) is 6.11. The van der Waals surface area contributed by atoms with E-state index in [4.69, 9.17) is 0 Å². The minimum atomic E-state index is -0.411. The van der Waals surface area contributed by atoms with Crippen LogP contribution in [0.4, 0.5) is 0 Å². The lowest BCUT2D eigenvalue weighted by atomic mass is 10.1. The van der Waals surface area contributed by atoms with Gasteiger partial charge in [0.25, 0.3) is 5.91 Å². The smallest absolute Gasteiger partial charge is 0.270 e. The third-order valence-electron chi connectivity index (χ3n) is 3.20. The van der Waals surface area contributed by atoms with Crippen LogP contribution in [0.15, 0.2) is 23.6 Å². The summed E-state index contributed by atoms with van der Waals surface area (Å²) in [6.45, 7) is 6.26. The summed E-state index contributed by atoms with van der Waals surface area (Å²) in [5.74, 6) is -0.192. The average molecular weight is 304 g/mol. The molecule has 2 aromatic rings. The van der Waals surface area contributed by atoms with Crippen molar-refractivity contribution < 1.29 is 9.90 Å². The van der Waals surface area contributed by atoms with E-state index in [0.29, 0.717) is 18.7 Å². The number of carbonyl (C=O) groups is 1. The molecule has 1 unspecified atom stereocenters. The van der Waals surface area contributed by atoms with Crippen LogP contribution in [0.5, 0.6) is 0 Å². The fourth-order valence-corrected chi connectivity index (χ4v) is 2.93. The van der Waals surface area contributed by atoms with Crippen molar-refractivity contribution in [3.63, 3.8) is 0 Å². The Hall–Kier alpha value is -1.72. The quantitative estimate of drug-likeness (QED) is 0.893. The number of rotatable bonds is 5. The maximum absolute atomic E-state index is 12.0. The Labute approximate surface area is 128 Å². The van der Waals surface area contributed by atoms with Crippen molar-refractivity contribution in [3.8, 4) is 10.6 Å². The minimum Gasteiger partial charge on any atom is -0.393 e. The standard InChI is InChI=1S/C16H20N2O2S/c1-10-4-5-13(11(2)8-10)16-18-14(9-21-16)15(20)17-7-6-12(3)19/h4-5,8-9,12,19H,6-7H2,1-3H3,(H,17,20). The lowest BCUT2D eigenvalue weighted by molar-refractivity contribution is 0.0941. The van der Waals surface area contributed by atoms with Gasteiger partial charge in [-0.2, -0.15) is 0 Å². The molecule has 0 aliphatic carbocycles. The molecule has 4 nitrogen and oxygen atoms in total. The average Bonchev–Trinajstić information content (AvgIpc) is 2.87. The highest BCUT2D eigenvalue weighted by atomic mass is 32.1. The number of nitrogens with one attached hydrogen (secondary N) is 1. The fraction of sp³-hybridized carbons (Fsp3) is 0.375. The van der Waals surface area contributed by atoms with Gasteiger partial charge < -0.3 is 10.4 Å². The highest BCUT2D eigenvalue weighted by Crippen LogP contribution is 2.27. The van der Waals surface area contributed by atoms with Gasteiger partial charge in [-0.05, 0) is 32.8 Å². The highest BCUT2D eigenvalue weighted by Gasteiger charge is 2.13. The topological polar surface area (TPSA) is 62.2 Å². The molecule has 1 aromatic carbocycles. The maximum Gasteiger partial charge on any atom is 0.270 e. The molecule has 112 valence electrons. The molecular weight excluding hydrogens is 284 g/mol. The zero-order chi connectivity index (χ0) is 15.4. The molecule has 0 aliphatic heterocycles. The van der Waals surface area contributed by atoms with Crippen molar-refractivity contribution in [1.82, 2.24) is 10.3 Å². The molecule has 1 aromatic heterocycles. The number of thiazole rings is 1. The van der Waals surface area contributed by atoms with Crippen molar-refractivity contribution in [1.29, 1.82) is 0 Å². The van der Waals surface area contributed by atoms with E-state index in [2.05, 4.69) is 23.3 Å². The van der Waals surface area contributed by atoms with Gasteiger partial charge in [0.1, 0.15) is 10.7 Å². The van der Waals surface area contributed by atoms with E-state index in [-0.39, 0.29) is 5.91 Å².